The number of carboxylic acid groups (broad SMARTS) is 1. The van der Waals surface area contributed by atoms with E-state index in [9.17, 15) is 29.1 Å². The number of carboxylic acids is 1. The molecule has 1 aliphatic carbocycles. The van der Waals surface area contributed by atoms with Crippen LogP contribution in [0.15, 0.2) is 64.3 Å². The van der Waals surface area contributed by atoms with Gasteiger partial charge in [-0.25, -0.2) is 14.4 Å². The van der Waals surface area contributed by atoms with Crippen LogP contribution in [0.1, 0.15) is 35.1 Å². The number of amides is 2. The number of alkyl carbamates (subject to hydrolysis) is 1. The molecule has 2 amide bonds. The highest BCUT2D eigenvalue weighted by molar-refractivity contribution is 5.87. The first kappa shape index (κ1) is 25.0. The minimum Gasteiger partial charge on any atom is -0.480 e. The molecule has 3 N–H and O–H groups in total. The van der Waals surface area contributed by atoms with Crippen LogP contribution in [0, 0.1) is 6.92 Å². The number of likely N-dealkylation sites (tertiary alicyclic amines) is 1. The highest BCUT2D eigenvalue weighted by Crippen LogP contribution is 2.44. The molecule has 0 radical (unpaired) electrons. The van der Waals surface area contributed by atoms with Crippen LogP contribution in [0.2, 0.25) is 0 Å². The number of fused-ring (bicyclic) bond motifs is 3. The first-order valence-electron chi connectivity index (χ1n) is 12.2. The predicted molar refractivity (Wildman–Crippen MR) is 136 cm³/mol. The van der Waals surface area contributed by atoms with Crippen LogP contribution in [0.3, 0.4) is 0 Å². The van der Waals surface area contributed by atoms with Crippen molar-refractivity contribution in [2.75, 3.05) is 19.7 Å². The van der Waals surface area contributed by atoms with Gasteiger partial charge >= 0.3 is 17.8 Å². The van der Waals surface area contributed by atoms with Crippen molar-refractivity contribution >= 4 is 18.0 Å². The number of aromatic amines is 1. The van der Waals surface area contributed by atoms with Gasteiger partial charge in [0.25, 0.3) is 5.56 Å². The molecule has 0 bridgehead atoms. The Bertz CT molecular complexity index is 1500. The molecule has 1 aliphatic heterocycles. The molecule has 1 aromatic heterocycles. The largest absolute Gasteiger partial charge is 0.480 e. The zero-order valence-corrected chi connectivity index (χ0v) is 20.5. The van der Waals surface area contributed by atoms with E-state index in [0.717, 1.165) is 27.2 Å². The van der Waals surface area contributed by atoms with Gasteiger partial charge in [0.05, 0.1) is 6.04 Å². The normalized spacial score (nSPS) is 18.1. The second-order valence-corrected chi connectivity index (χ2v) is 9.45. The zero-order chi connectivity index (χ0) is 27.0. The second kappa shape index (κ2) is 10.0. The Hall–Kier alpha value is -4.67. The molecule has 5 rings (SSSR count). The van der Waals surface area contributed by atoms with Gasteiger partial charge in [-0.2, -0.15) is 0 Å². The van der Waals surface area contributed by atoms with Crippen LogP contribution >= 0.6 is 0 Å². The predicted octanol–water partition coefficient (Wildman–Crippen LogP) is 1.61. The monoisotopic (exact) mass is 518 g/mol. The number of carbonyl (C=O) groups excluding carboxylic acids is 2. The minimum absolute atomic E-state index is 0.0165. The van der Waals surface area contributed by atoms with E-state index in [4.69, 9.17) is 4.74 Å². The van der Waals surface area contributed by atoms with Crippen LogP contribution in [-0.4, -0.2) is 63.3 Å². The number of aliphatic carboxylic acids is 1. The average molecular weight is 519 g/mol. The molecule has 0 spiro atoms. The van der Waals surface area contributed by atoms with Crippen molar-refractivity contribution in [2.24, 2.45) is 0 Å². The molecule has 2 aliphatic rings. The molecule has 11 heteroatoms. The summed E-state index contributed by atoms with van der Waals surface area (Å²) in [5.41, 5.74) is 3.37. The van der Waals surface area contributed by atoms with Crippen molar-refractivity contribution in [3.05, 3.63) is 92.3 Å². The fourth-order valence-corrected chi connectivity index (χ4v) is 5.28. The summed E-state index contributed by atoms with van der Waals surface area (Å²) in [5.74, 6) is -1.99. The third-order valence-corrected chi connectivity index (χ3v) is 7.15. The molecular formula is C27H26N4O7. The Morgan fingerprint density at radius 1 is 1.05 bits per heavy atom. The fourth-order valence-electron chi connectivity index (χ4n) is 5.28. The van der Waals surface area contributed by atoms with Gasteiger partial charge in [0.1, 0.15) is 19.2 Å². The molecule has 1 fully saturated rings. The lowest BCUT2D eigenvalue weighted by Crippen LogP contribution is -2.45. The molecule has 1 saturated heterocycles. The van der Waals surface area contributed by atoms with Crippen molar-refractivity contribution < 1.29 is 24.2 Å². The van der Waals surface area contributed by atoms with E-state index >= 15 is 0 Å². The Balaban J connectivity index is 1.21. The number of nitrogens with one attached hydrogen (secondary N) is 2. The lowest BCUT2D eigenvalue weighted by molar-refractivity contribution is -0.147. The van der Waals surface area contributed by atoms with Gasteiger partial charge in [0, 0.05) is 30.6 Å². The number of hydrogen-bond donors (Lipinski definition) is 3. The van der Waals surface area contributed by atoms with Crippen molar-refractivity contribution in [3.8, 4) is 11.1 Å². The van der Waals surface area contributed by atoms with E-state index in [1.807, 2.05) is 48.5 Å². The average Bonchev–Trinajstić information content (AvgIpc) is 3.49. The summed E-state index contributed by atoms with van der Waals surface area (Å²) in [7, 11) is 0. The number of carbonyl (C=O) groups is 3. The molecule has 38 heavy (non-hydrogen) atoms. The number of aromatic nitrogens is 2. The van der Waals surface area contributed by atoms with E-state index in [1.165, 1.54) is 17.7 Å². The van der Waals surface area contributed by atoms with Crippen LogP contribution in [0.25, 0.3) is 11.1 Å². The topological polar surface area (TPSA) is 151 Å². The SMILES string of the molecule is Cc1cn([C@H]2C[C@@H](C(=O)O)N(C(=O)CNC(=O)OCC3c4ccccc4-c4ccccc43)C2)c(=O)[nH]c1=O. The van der Waals surface area contributed by atoms with Gasteiger partial charge < -0.3 is 20.1 Å². The molecule has 0 unspecified atom stereocenters. The van der Waals surface area contributed by atoms with Gasteiger partial charge in [0.15, 0.2) is 0 Å². The quantitative estimate of drug-likeness (QED) is 0.449. The Labute approximate surface area is 216 Å². The van der Waals surface area contributed by atoms with Crippen molar-refractivity contribution in [2.45, 2.75) is 31.3 Å². The third-order valence-electron chi connectivity index (χ3n) is 7.15. The van der Waals surface area contributed by atoms with Crippen molar-refractivity contribution in [1.82, 2.24) is 19.8 Å². The van der Waals surface area contributed by atoms with Gasteiger partial charge in [-0.15, -0.1) is 0 Å². The molecule has 2 atom stereocenters. The summed E-state index contributed by atoms with van der Waals surface area (Å²) in [4.78, 5) is 64.4. The minimum atomic E-state index is -1.23. The van der Waals surface area contributed by atoms with Crippen molar-refractivity contribution in [3.63, 3.8) is 0 Å². The number of benzene rings is 2. The van der Waals surface area contributed by atoms with Crippen LogP contribution in [0.4, 0.5) is 4.79 Å². The zero-order valence-electron chi connectivity index (χ0n) is 20.5. The summed E-state index contributed by atoms with van der Waals surface area (Å²) in [6.45, 7) is 1.08. The van der Waals surface area contributed by atoms with E-state index in [1.54, 1.807) is 0 Å². The lowest BCUT2D eigenvalue weighted by atomic mass is 9.98. The van der Waals surface area contributed by atoms with Crippen molar-refractivity contribution in [1.29, 1.82) is 0 Å². The molecule has 3 aromatic rings. The second-order valence-electron chi connectivity index (χ2n) is 9.45. The van der Waals surface area contributed by atoms with E-state index in [2.05, 4.69) is 10.3 Å². The molecule has 196 valence electrons. The third kappa shape index (κ3) is 4.58. The Kier molecular flexibility index (Phi) is 6.58. The Morgan fingerprint density at radius 2 is 1.68 bits per heavy atom. The smallest absolute Gasteiger partial charge is 0.407 e. The first-order chi connectivity index (χ1) is 18.2. The summed E-state index contributed by atoms with van der Waals surface area (Å²) in [6.07, 6.45) is 0.542. The highest BCUT2D eigenvalue weighted by atomic mass is 16.5. The fraction of sp³-hybridized carbons (Fsp3) is 0.296. The highest BCUT2D eigenvalue weighted by Gasteiger charge is 2.41. The summed E-state index contributed by atoms with van der Waals surface area (Å²) < 4.78 is 6.68. The number of rotatable bonds is 6. The maximum absolute atomic E-state index is 12.9. The number of H-pyrrole nitrogens is 1. The van der Waals surface area contributed by atoms with E-state index < -0.39 is 47.8 Å². The van der Waals surface area contributed by atoms with Crippen LogP contribution in [-0.2, 0) is 14.3 Å². The summed E-state index contributed by atoms with van der Waals surface area (Å²) in [5, 5.41) is 12.1. The number of aryl methyl sites for hydroxylation is 1. The summed E-state index contributed by atoms with van der Waals surface area (Å²) >= 11 is 0. The van der Waals surface area contributed by atoms with Gasteiger partial charge in [-0.1, -0.05) is 48.5 Å². The lowest BCUT2D eigenvalue weighted by Gasteiger charge is -2.21. The number of hydrogen-bond acceptors (Lipinski definition) is 6. The van der Waals surface area contributed by atoms with E-state index in [-0.39, 0.29) is 31.1 Å². The van der Waals surface area contributed by atoms with Gasteiger partial charge in [-0.3, -0.25) is 19.1 Å². The maximum atomic E-state index is 12.9. The standard InChI is InChI=1S/C27H26N4O7/c1-15-12-30(26(36)29-24(15)33)16-10-22(25(34)35)31(13-16)23(32)11-28-27(37)38-14-21-19-8-4-2-6-17(19)18-7-3-5-9-20(18)21/h2-9,12,16,21-22H,10-11,13-14H2,1H3,(H,28,37)(H,34,35)(H,29,33,36)/t16-,22-/m0/s1. The van der Waals surface area contributed by atoms with Crippen LogP contribution in [0.5, 0.6) is 0 Å². The molecule has 11 nitrogen and oxygen atoms in total. The molecular weight excluding hydrogens is 492 g/mol. The summed E-state index contributed by atoms with van der Waals surface area (Å²) in [6, 6.07) is 14.0. The maximum Gasteiger partial charge on any atom is 0.407 e. The van der Waals surface area contributed by atoms with E-state index in [0.29, 0.717) is 0 Å². The first-order valence-corrected chi connectivity index (χ1v) is 12.2. The Morgan fingerprint density at radius 3 is 2.32 bits per heavy atom. The molecule has 2 heterocycles. The number of nitrogens with zero attached hydrogens (tertiary/aromatic N) is 2. The van der Waals surface area contributed by atoms with Gasteiger partial charge in [0.2, 0.25) is 5.91 Å². The molecule has 0 saturated carbocycles. The molecule has 2 aromatic carbocycles. The van der Waals surface area contributed by atoms with Crippen LogP contribution < -0.4 is 16.6 Å². The van der Waals surface area contributed by atoms with Gasteiger partial charge in [-0.05, 0) is 29.2 Å². The number of ether oxygens (including phenoxy) is 1.